The highest BCUT2D eigenvalue weighted by Crippen LogP contribution is 2.38. The Morgan fingerprint density at radius 2 is 1.77 bits per heavy atom. The van der Waals surface area contributed by atoms with Gasteiger partial charge in [0.25, 0.3) is 0 Å². The number of aromatic nitrogens is 1. The Bertz CT molecular complexity index is 858. The Labute approximate surface area is 162 Å². The van der Waals surface area contributed by atoms with Gasteiger partial charge in [0.05, 0.1) is 5.56 Å². The van der Waals surface area contributed by atoms with Gasteiger partial charge in [-0.05, 0) is 17.7 Å². The highest BCUT2D eigenvalue weighted by atomic mass is 35.5. The molecule has 2 aromatic rings. The van der Waals surface area contributed by atoms with Gasteiger partial charge < -0.3 is 10.5 Å². The van der Waals surface area contributed by atoms with Crippen molar-refractivity contribution in [1.29, 1.82) is 0 Å². The maximum absolute atomic E-state index is 14.5. The highest BCUT2D eigenvalue weighted by molar-refractivity contribution is 7.18. The summed E-state index contributed by atoms with van der Waals surface area (Å²) in [6.45, 7) is 5.11. The molecule has 1 heterocycles. The molecule has 0 spiro atoms. The molecule has 2 N–H and O–H groups in total. The lowest BCUT2D eigenvalue weighted by molar-refractivity contribution is 0.0355. The fraction of sp³-hybridized carbons (Fsp3) is 0.312. The van der Waals surface area contributed by atoms with Crippen LogP contribution in [0.25, 0.3) is 0 Å². The second-order valence-corrected chi connectivity index (χ2v) is 8.40. The number of thiazole rings is 1. The number of hydrogen-bond acceptors (Lipinski definition) is 5. The van der Waals surface area contributed by atoms with Crippen LogP contribution in [0, 0.1) is 17.0 Å². The summed E-state index contributed by atoms with van der Waals surface area (Å²) in [5.41, 5.74) is 3.56. The minimum absolute atomic E-state index is 0.0243. The summed E-state index contributed by atoms with van der Waals surface area (Å²) in [7, 11) is 0. The molecule has 0 saturated heterocycles. The molecule has 0 aliphatic rings. The van der Waals surface area contributed by atoms with Gasteiger partial charge in [0.15, 0.2) is 9.62 Å². The molecule has 0 bridgehead atoms. The van der Waals surface area contributed by atoms with Gasteiger partial charge in [-0.1, -0.05) is 55.3 Å². The fourth-order valence-electron chi connectivity index (χ4n) is 2.35. The molecule has 10 heteroatoms. The van der Waals surface area contributed by atoms with Gasteiger partial charge in [-0.3, -0.25) is 4.79 Å². The SMILES string of the molecule is CC(C)(C)C(OC(N)=O)c1cc(F)c(C(=O)c2sc(Cl)nc2Cl)c(F)c1. The van der Waals surface area contributed by atoms with Gasteiger partial charge in [0, 0.05) is 5.41 Å². The fourth-order valence-corrected chi connectivity index (χ4v) is 3.68. The molecule has 1 amide bonds. The zero-order valence-corrected chi connectivity index (χ0v) is 16.2. The van der Waals surface area contributed by atoms with Gasteiger partial charge in [0.1, 0.15) is 22.6 Å². The Balaban J connectivity index is 2.52. The number of carbonyl (C=O) groups is 2. The Morgan fingerprint density at radius 3 is 2.15 bits per heavy atom. The van der Waals surface area contributed by atoms with E-state index in [2.05, 4.69) is 4.98 Å². The number of ether oxygens (including phenoxy) is 1. The van der Waals surface area contributed by atoms with Crippen LogP contribution in [0.1, 0.15) is 47.7 Å². The predicted octanol–water partition coefficient (Wildman–Crippen LogP) is 5.14. The number of nitrogens with two attached hydrogens (primary N) is 1. The van der Waals surface area contributed by atoms with Crippen LogP contribution in [0.15, 0.2) is 12.1 Å². The number of halogens is 4. The number of amides is 1. The van der Waals surface area contributed by atoms with Crippen LogP contribution >= 0.6 is 34.5 Å². The van der Waals surface area contributed by atoms with Crippen molar-refractivity contribution in [2.24, 2.45) is 11.1 Å². The summed E-state index contributed by atoms with van der Waals surface area (Å²) in [5.74, 6) is -3.25. The second kappa shape index (κ2) is 7.46. The maximum atomic E-state index is 14.5. The molecule has 140 valence electrons. The molecule has 1 atom stereocenters. The van der Waals surface area contributed by atoms with Crippen LogP contribution in [-0.2, 0) is 4.74 Å². The zero-order chi connectivity index (χ0) is 19.8. The number of primary amides is 1. The molecule has 1 aromatic carbocycles. The average Bonchev–Trinajstić information content (AvgIpc) is 2.81. The van der Waals surface area contributed by atoms with Crippen molar-refractivity contribution >= 4 is 46.4 Å². The third-order valence-electron chi connectivity index (χ3n) is 3.38. The van der Waals surface area contributed by atoms with Crippen molar-refractivity contribution in [3.8, 4) is 0 Å². The van der Waals surface area contributed by atoms with E-state index in [-0.39, 0.29) is 20.1 Å². The number of carbonyl (C=O) groups excluding carboxylic acids is 2. The minimum atomic E-state index is -1.13. The zero-order valence-electron chi connectivity index (χ0n) is 13.9. The van der Waals surface area contributed by atoms with Crippen LogP contribution in [-0.4, -0.2) is 16.9 Å². The summed E-state index contributed by atoms with van der Waals surface area (Å²) in [5, 5.41) is -0.238. The van der Waals surface area contributed by atoms with Crippen LogP contribution in [0.4, 0.5) is 13.6 Å². The molecule has 0 fully saturated rings. The smallest absolute Gasteiger partial charge is 0.405 e. The van der Waals surface area contributed by atoms with Gasteiger partial charge >= 0.3 is 6.09 Å². The first-order valence-corrected chi connectivity index (χ1v) is 8.80. The summed E-state index contributed by atoms with van der Waals surface area (Å²) < 4.78 is 34.1. The van der Waals surface area contributed by atoms with E-state index in [4.69, 9.17) is 33.7 Å². The lowest BCUT2D eigenvalue weighted by atomic mass is 9.84. The number of rotatable bonds is 4. The van der Waals surface area contributed by atoms with E-state index in [9.17, 15) is 18.4 Å². The monoisotopic (exact) mass is 422 g/mol. The van der Waals surface area contributed by atoms with Crippen LogP contribution in [0.5, 0.6) is 0 Å². The van der Waals surface area contributed by atoms with E-state index in [1.54, 1.807) is 20.8 Å². The molecular formula is C16H14Cl2F2N2O3S. The van der Waals surface area contributed by atoms with E-state index in [0.717, 1.165) is 12.1 Å². The molecule has 2 rings (SSSR count). The summed E-state index contributed by atoms with van der Waals surface area (Å²) in [6, 6.07) is 1.84. The van der Waals surface area contributed by atoms with Crippen molar-refractivity contribution in [3.63, 3.8) is 0 Å². The summed E-state index contributed by atoms with van der Waals surface area (Å²) in [6.07, 6.45) is -2.11. The molecule has 0 aliphatic heterocycles. The van der Waals surface area contributed by atoms with Crippen molar-refractivity contribution in [2.75, 3.05) is 0 Å². The van der Waals surface area contributed by atoms with Crippen LogP contribution in [0.3, 0.4) is 0 Å². The number of nitrogens with zero attached hydrogens (tertiary/aromatic N) is 1. The first kappa shape index (κ1) is 20.5. The topological polar surface area (TPSA) is 82.3 Å². The highest BCUT2D eigenvalue weighted by Gasteiger charge is 2.32. The molecule has 1 aromatic heterocycles. The maximum Gasteiger partial charge on any atom is 0.405 e. The van der Waals surface area contributed by atoms with Crippen LogP contribution in [0.2, 0.25) is 9.62 Å². The first-order valence-electron chi connectivity index (χ1n) is 7.23. The van der Waals surface area contributed by atoms with Crippen molar-refractivity contribution in [3.05, 3.63) is 49.4 Å². The van der Waals surface area contributed by atoms with E-state index >= 15 is 0 Å². The van der Waals surface area contributed by atoms with E-state index in [0.29, 0.717) is 11.3 Å². The quantitative estimate of drug-likeness (QED) is 0.691. The lowest BCUT2D eigenvalue weighted by Crippen LogP contribution is -2.27. The molecule has 0 aliphatic carbocycles. The lowest BCUT2D eigenvalue weighted by Gasteiger charge is -2.30. The third-order valence-corrected chi connectivity index (χ3v) is 4.92. The Kier molecular flexibility index (Phi) is 5.89. The van der Waals surface area contributed by atoms with Crippen LogP contribution < -0.4 is 5.73 Å². The number of hydrogen-bond donors (Lipinski definition) is 1. The largest absolute Gasteiger partial charge is 0.441 e. The van der Waals surface area contributed by atoms with E-state index in [1.807, 2.05) is 0 Å². The van der Waals surface area contributed by atoms with Gasteiger partial charge in [0.2, 0.25) is 5.78 Å². The number of ketones is 1. The molecule has 5 nitrogen and oxygen atoms in total. The van der Waals surface area contributed by atoms with E-state index in [1.165, 1.54) is 0 Å². The Morgan fingerprint density at radius 1 is 1.23 bits per heavy atom. The first-order chi connectivity index (χ1) is 11.9. The average molecular weight is 423 g/mol. The Hall–Kier alpha value is -1.77. The number of benzene rings is 1. The molecule has 26 heavy (non-hydrogen) atoms. The van der Waals surface area contributed by atoms with E-state index < -0.39 is 40.6 Å². The predicted molar refractivity (Wildman–Crippen MR) is 94.8 cm³/mol. The minimum Gasteiger partial charge on any atom is -0.441 e. The summed E-state index contributed by atoms with van der Waals surface area (Å²) >= 11 is 12.1. The molecule has 0 radical (unpaired) electrons. The van der Waals surface area contributed by atoms with Gasteiger partial charge in [-0.25, -0.2) is 18.6 Å². The molecule has 0 saturated carbocycles. The van der Waals surface area contributed by atoms with Gasteiger partial charge in [-0.15, -0.1) is 0 Å². The standard InChI is InChI=1S/C16H14Cl2F2N2O3S/c1-16(2,3)12(25-15(21)24)6-4-7(19)9(8(20)5-6)10(23)11-13(17)22-14(18)26-11/h4-5,12H,1-3H3,(H2,21,24). The summed E-state index contributed by atoms with van der Waals surface area (Å²) in [4.78, 5) is 27.0. The molecule has 1 unspecified atom stereocenters. The van der Waals surface area contributed by atoms with Gasteiger partial charge in [-0.2, -0.15) is 0 Å². The second-order valence-electron chi connectivity index (χ2n) is 6.46. The molecular weight excluding hydrogens is 409 g/mol. The third kappa shape index (κ3) is 4.31. The van der Waals surface area contributed by atoms with Crippen molar-refractivity contribution in [1.82, 2.24) is 4.98 Å². The van der Waals surface area contributed by atoms with Crippen molar-refractivity contribution in [2.45, 2.75) is 26.9 Å². The normalized spacial score (nSPS) is 12.7. The van der Waals surface area contributed by atoms with Crippen molar-refractivity contribution < 1.29 is 23.1 Å².